The summed E-state index contributed by atoms with van der Waals surface area (Å²) in [4.78, 5) is 39.6. The van der Waals surface area contributed by atoms with Crippen LogP contribution in [0.5, 0.6) is 0 Å². The zero-order valence-corrected chi connectivity index (χ0v) is 26.5. The maximum atomic E-state index is 13.1. The van der Waals surface area contributed by atoms with Crippen LogP contribution in [0.1, 0.15) is 52.0 Å². The number of nitrogens with one attached hydrogen (secondary N) is 1. The molecule has 44 heavy (non-hydrogen) atoms. The summed E-state index contributed by atoms with van der Waals surface area (Å²) in [6.07, 6.45) is 2.58. The van der Waals surface area contributed by atoms with Crippen LogP contribution in [0.4, 0.5) is 5.13 Å². The maximum Gasteiger partial charge on any atom is 0.321 e. The fraction of sp³-hybridized carbons (Fsp3) is 0.344. The van der Waals surface area contributed by atoms with Crippen molar-refractivity contribution >= 4 is 45.7 Å². The van der Waals surface area contributed by atoms with Gasteiger partial charge in [0.25, 0.3) is 5.91 Å². The minimum Gasteiger partial charge on any atom is -0.446 e. The molecule has 4 rings (SSSR count). The molecule has 230 valence electrons. The van der Waals surface area contributed by atoms with Crippen molar-refractivity contribution in [3.05, 3.63) is 98.8 Å². The topological polar surface area (TPSA) is 127 Å². The molecule has 10 nitrogen and oxygen atoms in total. The first-order valence-corrected chi connectivity index (χ1v) is 15.5. The number of nitrogens with zero attached hydrogens (tertiary/aromatic N) is 5. The van der Waals surface area contributed by atoms with Gasteiger partial charge in [0.2, 0.25) is 11.2 Å². The number of carbonyl (C=O) groups excluding carboxylic acids is 3. The SMILES string of the molecule is Cc1cccc(CC(=O)Cc2ccc(CCCCc3nnc(NC(=O)C(OC(=O)CN(C)C)c4cccc(Cl)c4)s3)nn2)c1. The van der Waals surface area contributed by atoms with E-state index in [-0.39, 0.29) is 18.7 Å². The number of anilines is 1. The van der Waals surface area contributed by atoms with Crippen molar-refractivity contribution in [2.45, 2.75) is 51.6 Å². The lowest BCUT2D eigenvalue weighted by Gasteiger charge is -2.18. The third-order valence-corrected chi connectivity index (χ3v) is 7.63. The third-order valence-electron chi connectivity index (χ3n) is 6.49. The molecule has 0 fully saturated rings. The van der Waals surface area contributed by atoms with Crippen molar-refractivity contribution < 1.29 is 19.1 Å². The summed E-state index contributed by atoms with van der Waals surface area (Å²) in [5.74, 6) is -0.976. The van der Waals surface area contributed by atoms with Crippen molar-refractivity contribution in [3.8, 4) is 0 Å². The molecule has 0 saturated heterocycles. The fourth-order valence-electron chi connectivity index (χ4n) is 4.46. The minimum absolute atomic E-state index is 0.0250. The lowest BCUT2D eigenvalue weighted by Crippen LogP contribution is -2.30. The Kier molecular flexibility index (Phi) is 12.0. The number of hydrogen-bond donors (Lipinski definition) is 1. The Bertz CT molecular complexity index is 1580. The zero-order valence-electron chi connectivity index (χ0n) is 25.0. The van der Waals surface area contributed by atoms with Gasteiger partial charge in [-0.1, -0.05) is 64.9 Å². The molecule has 4 aromatic rings. The number of ketones is 1. The molecular formula is C32H35ClN6O4S. The number of carbonyl (C=O) groups is 3. The van der Waals surface area contributed by atoms with Gasteiger partial charge >= 0.3 is 5.97 Å². The van der Waals surface area contributed by atoms with Gasteiger partial charge in [0, 0.05) is 23.4 Å². The number of esters is 1. The first-order valence-electron chi connectivity index (χ1n) is 14.3. The van der Waals surface area contributed by atoms with Gasteiger partial charge in [-0.05, 0) is 70.1 Å². The lowest BCUT2D eigenvalue weighted by atomic mass is 10.0. The highest BCUT2D eigenvalue weighted by molar-refractivity contribution is 7.15. The van der Waals surface area contributed by atoms with E-state index in [0.29, 0.717) is 34.3 Å². The van der Waals surface area contributed by atoms with E-state index in [1.165, 1.54) is 11.3 Å². The number of amides is 1. The van der Waals surface area contributed by atoms with Crippen LogP contribution in [0.15, 0.2) is 60.7 Å². The molecule has 0 saturated carbocycles. The Morgan fingerprint density at radius 2 is 1.66 bits per heavy atom. The number of aryl methyl sites for hydroxylation is 3. The zero-order chi connectivity index (χ0) is 31.5. The summed E-state index contributed by atoms with van der Waals surface area (Å²) >= 11 is 7.38. The number of ether oxygens (including phenoxy) is 1. The molecule has 0 bridgehead atoms. The first-order chi connectivity index (χ1) is 21.1. The summed E-state index contributed by atoms with van der Waals surface area (Å²) in [7, 11) is 3.47. The van der Waals surface area contributed by atoms with Crippen LogP contribution in [0, 0.1) is 6.92 Å². The number of unbranched alkanes of at least 4 members (excludes halogenated alkanes) is 1. The molecule has 2 heterocycles. The highest BCUT2D eigenvalue weighted by atomic mass is 35.5. The Labute approximate surface area is 265 Å². The standard InChI is InChI=1S/C32H35ClN6O4S/c1-21-8-6-9-22(16-21)17-27(40)19-26-15-14-25(35-36-26)12-4-5-13-28-37-38-32(44-28)34-31(42)30(43-29(41)20-39(2)3)23-10-7-11-24(33)18-23/h6-11,14-16,18,30H,4-5,12-13,17,19-20H2,1-3H3,(H,34,38,42). The number of aromatic nitrogens is 4. The summed E-state index contributed by atoms with van der Waals surface area (Å²) in [5.41, 5.74) is 4.13. The van der Waals surface area contributed by atoms with Crippen LogP contribution in [0.2, 0.25) is 5.02 Å². The largest absolute Gasteiger partial charge is 0.446 e. The normalized spacial score (nSPS) is 11.8. The van der Waals surface area contributed by atoms with E-state index in [9.17, 15) is 14.4 Å². The van der Waals surface area contributed by atoms with Crippen LogP contribution >= 0.6 is 22.9 Å². The van der Waals surface area contributed by atoms with Gasteiger partial charge in [-0.2, -0.15) is 10.2 Å². The highest BCUT2D eigenvalue weighted by Crippen LogP contribution is 2.25. The molecule has 12 heteroatoms. The quantitative estimate of drug-likeness (QED) is 0.142. The van der Waals surface area contributed by atoms with Gasteiger partial charge in [0.1, 0.15) is 10.8 Å². The van der Waals surface area contributed by atoms with E-state index < -0.39 is 18.0 Å². The Morgan fingerprint density at radius 3 is 2.39 bits per heavy atom. The Hall–Kier alpha value is -4.06. The summed E-state index contributed by atoms with van der Waals surface area (Å²) in [6, 6.07) is 18.4. The van der Waals surface area contributed by atoms with Crippen LogP contribution in [-0.4, -0.2) is 63.6 Å². The second-order valence-electron chi connectivity index (χ2n) is 10.8. The van der Waals surface area contributed by atoms with Crippen molar-refractivity contribution in [2.75, 3.05) is 26.0 Å². The monoisotopic (exact) mass is 634 g/mol. The van der Waals surface area contributed by atoms with Gasteiger partial charge in [0.15, 0.2) is 0 Å². The molecule has 1 amide bonds. The molecule has 2 aromatic carbocycles. The van der Waals surface area contributed by atoms with E-state index >= 15 is 0 Å². The number of hydrogen-bond acceptors (Lipinski definition) is 10. The second-order valence-corrected chi connectivity index (χ2v) is 12.3. The van der Waals surface area contributed by atoms with Crippen molar-refractivity contribution in [2.24, 2.45) is 0 Å². The lowest BCUT2D eigenvalue weighted by molar-refractivity contribution is -0.155. The Balaban J connectivity index is 1.23. The van der Waals surface area contributed by atoms with Crippen molar-refractivity contribution in [1.82, 2.24) is 25.3 Å². The highest BCUT2D eigenvalue weighted by Gasteiger charge is 2.26. The number of benzene rings is 2. The molecule has 0 aliphatic rings. The van der Waals surface area contributed by atoms with Crippen LogP contribution in [0.25, 0.3) is 0 Å². The average molecular weight is 635 g/mol. The van der Waals surface area contributed by atoms with E-state index in [4.69, 9.17) is 16.3 Å². The third kappa shape index (κ3) is 10.6. The number of likely N-dealkylation sites (N-methyl/N-ethyl adjacent to an activating group) is 1. The van der Waals surface area contributed by atoms with Crippen molar-refractivity contribution in [3.63, 3.8) is 0 Å². The first kappa shape index (κ1) is 32.8. The molecule has 1 unspecified atom stereocenters. The molecule has 2 aromatic heterocycles. The smallest absolute Gasteiger partial charge is 0.321 e. The van der Waals surface area contributed by atoms with Crippen molar-refractivity contribution in [1.29, 1.82) is 0 Å². The van der Waals surface area contributed by atoms with Gasteiger partial charge < -0.3 is 4.74 Å². The molecule has 0 radical (unpaired) electrons. The molecular weight excluding hydrogens is 600 g/mol. The number of rotatable bonds is 15. The summed E-state index contributed by atoms with van der Waals surface area (Å²) in [5, 5.41) is 21.1. The van der Waals surface area contributed by atoms with E-state index in [0.717, 1.165) is 41.1 Å². The number of halogens is 1. The molecule has 0 aliphatic carbocycles. The summed E-state index contributed by atoms with van der Waals surface area (Å²) < 4.78 is 5.50. The molecule has 1 atom stereocenters. The van der Waals surface area contributed by atoms with Crippen LogP contribution in [-0.2, 0) is 44.8 Å². The Morgan fingerprint density at radius 1 is 0.909 bits per heavy atom. The van der Waals surface area contributed by atoms with Gasteiger partial charge in [-0.3, -0.25) is 24.6 Å². The minimum atomic E-state index is -1.19. The molecule has 0 spiro atoms. The predicted molar refractivity (Wildman–Crippen MR) is 170 cm³/mol. The van der Waals surface area contributed by atoms with Crippen LogP contribution in [0.3, 0.4) is 0 Å². The van der Waals surface area contributed by atoms with Crippen LogP contribution < -0.4 is 5.32 Å². The van der Waals surface area contributed by atoms with E-state index in [1.807, 2.05) is 43.3 Å². The van der Waals surface area contributed by atoms with Gasteiger partial charge in [-0.25, -0.2) is 0 Å². The number of Topliss-reactive ketones (excluding diaryl/α,β-unsaturated/α-hetero) is 1. The predicted octanol–water partition coefficient (Wildman–Crippen LogP) is 4.99. The van der Waals surface area contributed by atoms with E-state index in [2.05, 4.69) is 25.7 Å². The second kappa shape index (κ2) is 16.1. The van der Waals surface area contributed by atoms with Gasteiger partial charge in [-0.15, -0.1) is 10.2 Å². The summed E-state index contributed by atoms with van der Waals surface area (Å²) in [6.45, 7) is 2.04. The molecule has 1 N–H and O–H groups in total. The maximum absolute atomic E-state index is 13.1. The van der Waals surface area contributed by atoms with E-state index in [1.54, 1.807) is 43.3 Å². The fourth-order valence-corrected chi connectivity index (χ4v) is 5.44. The molecule has 0 aliphatic heterocycles. The van der Waals surface area contributed by atoms with Gasteiger partial charge in [0.05, 0.1) is 24.4 Å². The average Bonchev–Trinajstić information content (AvgIpc) is 3.41.